The third kappa shape index (κ3) is 4.37. The third-order valence-electron chi connectivity index (χ3n) is 4.84. The highest BCUT2D eigenvalue weighted by Crippen LogP contribution is 2.23. The van der Waals surface area contributed by atoms with Gasteiger partial charge in [-0.15, -0.1) is 0 Å². The van der Waals surface area contributed by atoms with Crippen LogP contribution in [-0.4, -0.2) is 29.0 Å². The zero-order valence-corrected chi connectivity index (χ0v) is 16.5. The summed E-state index contributed by atoms with van der Waals surface area (Å²) in [5.41, 5.74) is 1.44. The first-order chi connectivity index (χ1) is 14.5. The average Bonchev–Trinajstić information content (AvgIpc) is 3.24. The normalized spacial score (nSPS) is 13.4. The minimum Gasteiger partial charge on any atom is -0.341 e. The Bertz CT molecular complexity index is 1050. The number of nitrogens with zero attached hydrogens (tertiary/aromatic N) is 3. The molecule has 6 nitrogen and oxygen atoms in total. The molecule has 0 unspecified atom stereocenters. The molecule has 2 aromatic carbocycles. The smallest absolute Gasteiger partial charge is 0.261 e. The van der Waals surface area contributed by atoms with Crippen molar-refractivity contribution < 1.29 is 13.6 Å². The van der Waals surface area contributed by atoms with Gasteiger partial charge >= 0.3 is 0 Å². The van der Waals surface area contributed by atoms with Crippen molar-refractivity contribution in [2.24, 2.45) is 0 Å². The summed E-state index contributed by atoms with van der Waals surface area (Å²) in [4.78, 5) is 23.5. The number of halogens is 2. The minimum absolute atomic E-state index is 0.421. The summed E-state index contributed by atoms with van der Waals surface area (Å²) in [7, 11) is 0. The molecule has 1 amide bonds. The molecule has 4 rings (SSSR count). The summed E-state index contributed by atoms with van der Waals surface area (Å²) >= 11 is 0. The lowest BCUT2D eigenvalue weighted by Gasteiger charge is -2.17. The fourth-order valence-electron chi connectivity index (χ4n) is 3.37. The lowest BCUT2D eigenvalue weighted by atomic mass is 10.1. The monoisotopic (exact) mass is 409 g/mol. The van der Waals surface area contributed by atoms with Crippen molar-refractivity contribution in [3.63, 3.8) is 0 Å². The Kier molecular flexibility index (Phi) is 5.56. The summed E-state index contributed by atoms with van der Waals surface area (Å²) in [5.74, 6) is -1.26. The number of hydrogen-bond acceptors (Lipinski definition) is 5. The highest BCUT2D eigenvalue weighted by atomic mass is 19.1. The molecule has 2 heterocycles. The Labute approximate surface area is 173 Å². The molecule has 1 aromatic heterocycles. The van der Waals surface area contributed by atoms with E-state index in [9.17, 15) is 13.6 Å². The van der Waals surface area contributed by atoms with Gasteiger partial charge in [-0.3, -0.25) is 4.79 Å². The van der Waals surface area contributed by atoms with Crippen LogP contribution < -0.4 is 15.5 Å². The highest BCUT2D eigenvalue weighted by molar-refractivity contribution is 6.04. The lowest BCUT2D eigenvalue weighted by molar-refractivity contribution is 0.101. The number of aryl methyl sites for hydroxylation is 1. The van der Waals surface area contributed by atoms with Gasteiger partial charge in [-0.25, -0.2) is 13.8 Å². The predicted octanol–water partition coefficient (Wildman–Crippen LogP) is 4.66. The molecule has 2 N–H and O–H groups in total. The number of aromatic nitrogens is 2. The van der Waals surface area contributed by atoms with E-state index < -0.39 is 23.1 Å². The molecule has 30 heavy (non-hydrogen) atoms. The van der Waals surface area contributed by atoms with Crippen molar-refractivity contribution >= 4 is 29.0 Å². The van der Waals surface area contributed by atoms with Crippen molar-refractivity contribution in [1.29, 1.82) is 0 Å². The number of amides is 1. The van der Waals surface area contributed by atoms with Gasteiger partial charge in [0.2, 0.25) is 5.95 Å². The number of anilines is 4. The van der Waals surface area contributed by atoms with E-state index >= 15 is 0 Å². The summed E-state index contributed by atoms with van der Waals surface area (Å²) in [5, 5.41) is 5.74. The highest BCUT2D eigenvalue weighted by Gasteiger charge is 2.18. The summed E-state index contributed by atoms with van der Waals surface area (Å²) in [6, 6.07) is 12.0. The van der Waals surface area contributed by atoms with Gasteiger partial charge in [0.15, 0.2) is 0 Å². The zero-order valence-electron chi connectivity index (χ0n) is 16.5. The topological polar surface area (TPSA) is 70.2 Å². The quantitative estimate of drug-likeness (QED) is 0.641. The van der Waals surface area contributed by atoms with Crippen molar-refractivity contribution in [1.82, 2.24) is 9.97 Å². The average molecular weight is 409 g/mol. The first-order valence-corrected chi connectivity index (χ1v) is 9.73. The van der Waals surface area contributed by atoms with Crippen LogP contribution >= 0.6 is 0 Å². The van der Waals surface area contributed by atoms with E-state index in [-0.39, 0.29) is 0 Å². The van der Waals surface area contributed by atoms with Crippen LogP contribution in [0.4, 0.5) is 31.9 Å². The molecule has 0 saturated carbocycles. The van der Waals surface area contributed by atoms with E-state index in [4.69, 9.17) is 0 Å². The van der Waals surface area contributed by atoms with Gasteiger partial charge in [0.1, 0.15) is 23.0 Å². The van der Waals surface area contributed by atoms with Crippen LogP contribution in [-0.2, 0) is 0 Å². The second kappa shape index (κ2) is 8.44. The van der Waals surface area contributed by atoms with Gasteiger partial charge < -0.3 is 15.5 Å². The maximum absolute atomic E-state index is 13.8. The van der Waals surface area contributed by atoms with Crippen molar-refractivity contribution in [2.45, 2.75) is 19.8 Å². The molecule has 0 aliphatic carbocycles. The molecule has 3 aromatic rings. The second-order valence-electron chi connectivity index (χ2n) is 7.14. The first-order valence-electron chi connectivity index (χ1n) is 9.73. The lowest BCUT2D eigenvalue weighted by Crippen LogP contribution is -2.21. The maximum Gasteiger partial charge on any atom is 0.261 e. The number of carbonyl (C=O) groups excluding carboxylic acids is 1. The number of carbonyl (C=O) groups is 1. The third-order valence-corrected chi connectivity index (χ3v) is 4.84. The number of benzene rings is 2. The molecule has 0 spiro atoms. The molecule has 154 valence electrons. The van der Waals surface area contributed by atoms with E-state index in [1.54, 1.807) is 24.3 Å². The van der Waals surface area contributed by atoms with Gasteiger partial charge in [-0.2, -0.15) is 4.98 Å². The van der Waals surface area contributed by atoms with Crippen LogP contribution in [0.1, 0.15) is 28.9 Å². The maximum atomic E-state index is 13.8. The van der Waals surface area contributed by atoms with Crippen molar-refractivity contribution in [3.05, 3.63) is 71.4 Å². The van der Waals surface area contributed by atoms with E-state index in [0.29, 0.717) is 17.5 Å². The predicted molar refractivity (Wildman–Crippen MR) is 112 cm³/mol. The van der Waals surface area contributed by atoms with Gasteiger partial charge in [0, 0.05) is 36.2 Å². The van der Waals surface area contributed by atoms with Gasteiger partial charge in [0.05, 0.1) is 0 Å². The van der Waals surface area contributed by atoms with E-state index in [1.165, 1.54) is 6.07 Å². The largest absolute Gasteiger partial charge is 0.341 e. The fourth-order valence-corrected chi connectivity index (χ4v) is 3.37. The molecule has 8 heteroatoms. The first kappa shape index (κ1) is 19.8. The second-order valence-corrected chi connectivity index (χ2v) is 7.14. The molecular weight excluding hydrogens is 388 g/mol. The van der Waals surface area contributed by atoms with Gasteiger partial charge in [-0.1, -0.05) is 6.07 Å². The van der Waals surface area contributed by atoms with Crippen molar-refractivity contribution in [2.75, 3.05) is 28.6 Å². The molecule has 0 bridgehead atoms. The van der Waals surface area contributed by atoms with E-state index in [2.05, 4.69) is 25.5 Å². The van der Waals surface area contributed by atoms with E-state index in [1.807, 2.05) is 13.0 Å². The van der Waals surface area contributed by atoms with Crippen LogP contribution in [0.3, 0.4) is 0 Å². The van der Waals surface area contributed by atoms with Crippen LogP contribution in [0.15, 0.2) is 48.5 Å². The minimum atomic E-state index is -0.904. The van der Waals surface area contributed by atoms with Crippen LogP contribution in [0.2, 0.25) is 0 Å². The Morgan fingerprint density at radius 3 is 2.27 bits per heavy atom. The SMILES string of the molecule is Cc1cc(Nc2ccc(NC(=O)c3c(F)cccc3F)cc2)nc(N2CCCC2)n1. The summed E-state index contributed by atoms with van der Waals surface area (Å²) in [6.45, 7) is 3.84. The molecular formula is C22H21F2N5O. The van der Waals surface area contributed by atoms with Crippen LogP contribution in [0.5, 0.6) is 0 Å². The molecule has 1 saturated heterocycles. The standard InChI is InChI=1S/C22H21F2N5O/c1-14-13-19(28-22(25-14)29-11-2-3-12-29)26-15-7-9-16(10-8-15)27-21(30)20-17(23)5-4-6-18(20)24/h4-10,13H,2-3,11-12H2,1H3,(H,27,30)(H,25,26,28). The Balaban J connectivity index is 1.46. The molecule has 0 atom stereocenters. The van der Waals surface area contributed by atoms with Gasteiger partial charge in [-0.05, 0) is 56.2 Å². The molecule has 1 aliphatic heterocycles. The fraction of sp³-hybridized carbons (Fsp3) is 0.227. The molecule has 1 fully saturated rings. The van der Waals surface area contributed by atoms with Crippen LogP contribution in [0, 0.1) is 18.6 Å². The molecule has 0 radical (unpaired) electrons. The summed E-state index contributed by atoms with van der Waals surface area (Å²) in [6.07, 6.45) is 2.29. The van der Waals surface area contributed by atoms with Crippen LogP contribution in [0.25, 0.3) is 0 Å². The zero-order chi connectivity index (χ0) is 21.1. The number of hydrogen-bond donors (Lipinski definition) is 2. The summed E-state index contributed by atoms with van der Waals surface area (Å²) < 4.78 is 27.5. The van der Waals surface area contributed by atoms with Crippen molar-refractivity contribution in [3.8, 4) is 0 Å². The Hall–Kier alpha value is -3.55. The Morgan fingerprint density at radius 1 is 0.967 bits per heavy atom. The Morgan fingerprint density at radius 2 is 1.60 bits per heavy atom. The van der Waals surface area contributed by atoms with E-state index in [0.717, 1.165) is 49.4 Å². The number of rotatable bonds is 5. The number of nitrogens with one attached hydrogen (secondary N) is 2. The van der Waals surface area contributed by atoms with Gasteiger partial charge in [0.25, 0.3) is 5.91 Å². The molecule has 1 aliphatic rings.